The van der Waals surface area contributed by atoms with E-state index in [0.717, 1.165) is 17.0 Å². The lowest BCUT2D eigenvalue weighted by Gasteiger charge is -2.13. The first-order chi connectivity index (χ1) is 8.22. The lowest BCUT2D eigenvalue weighted by Crippen LogP contribution is -2.26. The van der Waals surface area contributed by atoms with Gasteiger partial charge in [0.05, 0.1) is 10.9 Å². The molecule has 2 aromatic rings. The van der Waals surface area contributed by atoms with Crippen LogP contribution in [0.2, 0.25) is 0 Å². The highest BCUT2D eigenvalue weighted by atomic mass is 32.1. The Kier molecular flexibility index (Phi) is 3.71. The quantitative estimate of drug-likeness (QED) is 0.900. The maximum Gasteiger partial charge on any atom is 0.267 e. The first kappa shape index (κ1) is 12.0. The van der Waals surface area contributed by atoms with E-state index in [1.165, 1.54) is 4.68 Å². The Bertz CT molecular complexity index is 533. The van der Waals surface area contributed by atoms with E-state index in [0.29, 0.717) is 6.54 Å². The van der Waals surface area contributed by atoms with Crippen molar-refractivity contribution < 1.29 is 0 Å². The number of nitrogens with zero attached hydrogens (tertiary/aromatic N) is 2. The first-order valence-electron chi connectivity index (χ1n) is 5.56. The van der Waals surface area contributed by atoms with Gasteiger partial charge in [-0.2, -0.15) is 5.10 Å². The van der Waals surface area contributed by atoms with Crippen LogP contribution in [0.1, 0.15) is 19.4 Å². The maximum atomic E-state index is 11.7. The Morgan fingerprint density at radius 1 is 1.47 bits per heavy atom. The third kappa shape index (κ3) is 2.62. The largest absolute Gasteiger partial charge is 0.330 e. The smallest absolute Gasteiger partial charge is 0.267 e. The molecule has 0 bridgehead atoms. The van der Waals surface area contributed by atoms with E-state index in [1.807, 2.05) is 24.4 Å². The van der Waals surface area contributed by atoms with Crippen molar-refractivity contribution in [2.75, 3.05) is 6.54 Å². The van der Waals surface area contributed by atoms with Crippen LogP contribution < -0.4 is 11.3 Å². The van der Waals surface area contributed by atoms with Crippen LogP contribution in [0.4, 0.5) is 0 Å². The lowest BCUT2D eigenvalue weighted by atomic mass is 10.2. The second kappa shape index (κ2) is 5.25. The molecule has 0 aliphatic heterocycles. The van der Waals surface area contributed by atoms with Crippen LogP contribution in [-0.2, 0) is 0 Å². The van der Waals surface area contributed by atoms with Gasteiger partial charge >= 0.3 is 0 Å². The highest BCUT2D eigenvalue weighted by Crippen LogP contribution is 2.21. The van der Waals surface area contributed by atoms with Crippen molar-refractivity contribution in [1.82, 2.24) is 9.78 Å². The van der Waals surface area contributed by atoms with Crippen LogP contribution in [0.3, 0.4) is 0 Å². The normalized spacial score (nSPS) is 12.6. The molecule has 2 rings (SSSR count). The van der Waals surface area contributed by atoms with Crippen molar-refractivity contribution >= 4 is 11.3 Å². The summed E-state index contributed by atoms with van der Waals surface area (Å²) >= 11 is 1.61. The topological polar surface area (TPSA) is 60.9 Å². The Labute approximate surface area is 104 Å². The van der Waals surface area contributed by atoms with E-state index >= 15 is 0 Å². The minimum Gasteiger partial charge on any atom is -0.330 e. The number of rotatable bonds is 4. The molecule has 0 aliphatic carbocycles. The molecule has 4 nitrogen and oxygen atoms in total. The fourth-order valence-corrected chi connectivity index (χ4v) is 2.35. The summed E-state index contributed by atoms with van der Waals surface area (Å²) in [4.78, 5) is 12.8. The summed E-state index contributed by atoms with van der Waals surface area (Å²) in [6.45, 7) is 2.51. The first-order valence-corrected chi connectivity index (χ1v) is 6.44. The minimum atomic E-state index is -0.0775. The molecule has 2 heterocycles. The van der Waals surface area contributed by atoms with Gasteiger partial charge in [-0.1, -0.05) is 6.07 Å². The summed E-state index contributed by atoms with van der Waals surface area (Å²) in [5.74, 6) is 0. The summed E-state index contributed by atoms with van der Waals surface area (Å²) in [5.41, 5.74) is 6.27. The Morgan fingerprint density at radius 3 is 2.94 bits per heavy atom. The molecule has 0 radical (unpaired) electrons. The number of thiophene rings is 1. The highest BCUT2D eigenvalue weighted by molar-refractivity contribution is 7.13. The zero-order valence-corrected chi connectivity index (χ0v) is 10.5. The maximum absolute atomic E-state index is 11.7. The van der Waals surface area contributed by atoms with Crippen LogP contribution >= 0.6 is 11.3 Å². The van der Waals surface area contributed by atoms with Crippen LogP contribution in [0, 0.1) is 0 Å². The summed E-state index contributed by atoms with van der Waals surface area (Å²) in [5, 5.41) is 6.39. The van der Waals surface area contributed by atoms with Crippen molar-refractivity contribution in [2.45, 2.75) is 19.4 Å². The molecule has 2 aromatic heterocycles. The van der Waals surface area contributed by atoms with Crippen molar-refractivity contribution in [3.05, 3.63) is 40.0 Å². The van der Waals surface area contributed by atoms with Crippen molar-refractivity contribution in [3.8, 4) is 10.6 Å². The predicted octanol–water partition coefficient (Wildman–Crippen LogP) is 1.88. The van der Waals surface area contributed by atoms with E-state index in [1.54, 1.807) is 23.5 Å². The van der Waals surface area contributed by atoms with Crippen molar-refractivity contribution in [2.24, 2.45) is 5.73 Å². The summed E-state index contributed by atoms with van der Waals surface area (Å²) in [7, 11) is 0. The van der Waals surface area contributed by atoms with Gasteiger partial charge < -0.3 is 5.73 Å². The summed E-state index contributed by atoms with van der Waals surface area (Å²) in [6.07, 6.45) is 0.751. The average Bonchev–Trinajstić information content (AvgIpc) is 2.83. The number of aromatic nitrogens is 2. The van der Waals surface area contributed by atoms with Gasteiger partial charge in [-0.05, 0) is 37.4 Å². The second-order valence-electron chi connectivity index (χ2n) is 3.91. The predicted molar refractivity (Wildman–Crippen MR) is 70.2 cm³/mol. The molecule has 1 atom stereocenters. The van der Waals surface area contributed by atoms with Crippen LogP contribution in [0.15, 0.2) is 34.4 Å². The van der Waals surface area contributed by atoms with Gasteiger partial charge in [-0.15, -0.1) is 11.3 Å². The van der Waals surface area contributed by atoms with E-state index in [4.69, 9.17) is 5.73 Å². The van der Waals surface area contributed by atoms with Gasteiger partial charge in [0.15, 0.2) is 0 Å². The third-order valence-corrected chi connectivity index (χ3v) is 3.49. The summed E-state index contributed by atoms with van der Waals surface area (Å²) < 4.78 is 1.52. The molecule has 0 fully saturated rings. The lowest BCUT2D eigenvalue weighted by molar-refractivity contribution is 0.445. The molecule has 0 saturated heterocycles. The molecule has 0 spiro atoms. The van der Waals surface area contributed by atoms with Gasteiger partial charge in [-0.3, -0.25) is 4.79 Å². The van der Waals surface area contributed by atoms with Gasteiger partial charge in [0.1, 0.15) is 5.69 Å². The molecule has 0 aromatic carbocycles. The second-order valence-corrected chi connectivity index (χ2v) is 4.85. The molecule has 0 aliphatic rings. The van der Waals surface area contributed by atoms with Gasteiger partial charge in [0, 0.05) is 6.07 Å². The van der Waals surface area contributed by atoms with Crippen LogP contribution in [0.25, 0.3) is 10.6 Å². The SMILES string of the molecule is CC(CCN)n1nc(-c2cccs2)ccc1=O. The molecule has 1 unspecified atom stereocenters. The monoisotopic (exact) mass is 249 g/mol. The fourth-order valence-electron chi connectivity index (χ4n) is 1.66. The Morgan fingerprint density at radius 2 is 2.29 bits per heavy atom. The number of nitrogens with two attached hydrogens (primary N) is 1. The number of hydrogen-bond acceptors (Lipinski definition) is 4. The molecule has 5 heteroatoms. The fraction of sp³-hybridized carbons (Fsp3) is 0.333. The zero-order chi connectivity index (χ0) is 12.3. The molecular weight excluding hydrogens is 234 g/mol. The molecular formula is C12H15N3OS. The standard InChI is InChI=1S/C12H15N3OS/c1-9(6-7-13)15-12(16)5-4-10(14-15)11-3-2-8-17-11/h2-5,8-9H,6-7,13H2,1H3. The third-order valence-electron chi connectivity index (χ3n) is 2.60. The van der Waals surface area contributed by atoms with E-state index in [2.05, 4.69) is 5.10 Å². The van der Waals surface area contributed by atoms with Gasteiger partial charge in [0.2, 0.25) is 0 Å². The molecule has 17 heavy (non-hydrogen) atoms. The van der Waals surface area contributed by atoms with Crippen molar-refractivity contribution in [3.63, 3.8) is 0 Å². The van der Waals surface area contributed by atoms with Crippen LogP contribution in [0.5, 0.6) is 0 Å². The summed E-state index contributed by atoms with van der Waals surface area (Å²) in [6, 6.07) is 7.33. The zero-order valence-electron chi connectivity index (χ0n) is 9.67. The van der Waals surface area contributed by atoms with E-state index in [-0.39, 0.29) is 11.6 Å². The Hall–Kier alpha value is -1.46. The Balaban J connectivity index is 2.39. The molecule has 0 amide bonds. The van der Waals surface area contributed by atoms with E-state index in [9.17, 15) is 4.79 Å². The molecule has 2 N–H and O–H groups in total. The van der Waals surface area contributed by atoms with Gasteiger partial charge in [-0.25, -0.2) is 4.68 Å². The average molecular weight is 249 g/mol. The highest BCUT2D eigenvalue weighted by Gasteiger charge is 2.09. The van der Waals surface area contributed by atoms with Crippen molar-refractivity contribution in [1.29, 1.82) is 0 Å². The number of hydrogen-bond donors (Lipinski definition) is 1. The molecule has 90 valence electrons. The van der Waals surface area contributed by atoms with Crippen LogP contribution in [-0.4, -0.2) is 16.3 Å². The van der Waals surface area contributed by atoms with E-state index < -0.39 is 0 Å². The van der Waals surface area contributed by atoms with Gasteiger partial charge in [0.25, 0.3) is 5.56 Å². The minimum absolute atomic E-state index is 0.0346. The molecule has 0 saturated carbocycles.